The van der Waals surface area contributed by atoms with E-state index in [1.54, 1.807) is 12.0 Å². The van der Waals surface area contributed by atoms with E-state index in [1.165, 1.54) is 0 Å². The van der Waals surface area contributed by atoms with Crippen molar-refractivity contribution in [2.45, 2.75) is 25.5 Å². The number of hydrogen-bond acceptors (Lipinski definition) is 4. The zero-order valence-electron chi connectivity index (χ0n) is 9.85. The second-order valence-electron chi connectivity index (χ2n) is 3.75. The maximum Gasteiger partial charge on any atom is 0.242 e. The Labute approximate surface area is 103 Å². The summed E-state index contributed by atoms with van der Waals surface area (Å²) in [5.74, 6) is -0.0430. The molecule has 1 fully saturated rings. The minimum Gasteiger partial charge on any atom is -0.383 e. The van der Waals surface area contributed by atoms with Gasteiger partial charge in [-0.25, -0.2) is 0 Å². The first-order valence-electron chi connectivity index (χ1n) is 5.34. The smallest absolute Gasteiger partial charge is 0.242 e. The van der Waals surface area contributed by atoms with E-state index in [0.717, 1.165) is 6.42 Å². The fourth-order valence-corrected chi connectivity index (χ4v) is 1.65. The largest absolute Gasteiger partial charge is 0.383 e. The van der Waals surface area contributed by atoms with Gasteiger partial charge in [0.05, 0.1) is 19.3 Å². The molecule has 0 aromatic carbocycles. The molecule has 16 heavy (non-hydrogen) atoms. The summed E-state index contributed by atoms with van der Waals surface area (Å²) in [5, 5.41) is 0. The van der Waals surface area contributed by atoms with E-state index in [2.05, 4.69) is 0 Å². The average Bonchev–Trinajstić information content (AvgIpc) is 2.28. The zero-order valence-corrected chi connectivity index (χ0v) is 10.7. The molecular weight excluding hydrogens is 232 g/mol. The Bertz CT molecular complexity index is 216. The maximum atomic E-state index is 11.8. The molecule has 2 unspecified atom stereocenters. The lowest BCUT2D eigenvalue weighted by Gasteiger charge is -2.33. The highest BCUT2D eigenvalue weighted by Gasteiger charge is 2.26. The summed E-state index contributed by atoms with van der Waals surface area (Å²) in [6.45, 7) is 4.20. The van der Waals surface area contributed by atoms with Crippen molar-refractivity contribution in [3.8, 4) is 0 Å². The van der Waals surface area contributed by atoms with Crippen molar-refractivity contribution in [2.75, 3.05) is 33.4 Å². The first-order chi connectivity index (χ1) is 7.19. The summed E-state index contributed by atoms with van der Waals surface area (Å²) in [6.07, 6.45) is 1.07. The van der Waals surface area contributed by atoms with Crippen LogP contribution in [0.5, 0.6) is 0 Å². The van der Waals surface area contributed by atoms with Gasteiger partial charge in [0.15, 0.2) is 0 Å². The van der Waals surface area contributed by atoms with Crippen LogP contribution in [0.3, 0.4) is 0 Å². The minimum atomic E-state index is -0.550. The molecule has 0 bridgehead atoms. The summed E-state index contributed by atoms with van der Waals surface area (Å²) < 4.78 is 10.3. The molecule has 0 radical (unpaired) electrons. The Kier molecular flexibility index (Phi) is 7.66. The molecule has 0 spiro atoms. The lowest BCUT2D eigenvalue weighted by molar-refractivity contribution is -0.141. The van der Waals surface area contributed by atoms with E-state index < -0.39 is 6.04 Å². The van der Waals surface area contributed by atoms with Gasteiger partial charge in [0.2, 0.25) is 5.91 Å². The number of ether oxygens (including phenoxy) is 2. The third-order valence-electron chi connectivity index (χ3n) is 2.57. The average molecular weight is 253 g/mol. The molecule has 1 aliphatic rings. The number of morpholine rings is 1. The van der Waals surface area contributed by atoms with Crippen LogP contribution in [0, 0.1) is 0 Å². The van der Waals surface area contributed by atoms with Crippen molar-refractivity contribution >= 4 is 18.3 Å². The lowest BCUT2D eigenvalue weighted by atomic mass is 10.2. The third-order valence-corrected chi connectivity index (χ3v) is 2.57. The monoisotopic (exact) mass is 252 g/mol. The number of carbonyl (C=O) groups excluding carboxylic acids is 1. The quantitative estimate of drug-likeness (QED) is 0.766. The molecule has 2 atom stereocenters. The van der Waals surface area contributed by atoms with Crippen molar-refractivity contribution < 1.29 is 14.3 Å². The standard InChI is InChI=1S/C10H20N2O3.ClH/c1-3-8-6-12(4-5-15-8)10(13)9(11)7-14-2;/h8-9H,3-7,11H2,1-2H3;1H. The summed E-state index contributed by atoms with van der Waals surface area (Å²) in [6, 6.07) is -0.550. The van der Waals surface area contributed by atoms with E-state index in [-0.39, 0.29) is 31.0 Å². The number of hydrogen-bond donors (Lipinski definition) is 1. The fraction of sp³-hybridized carbons (Fsp3) is 0.900. The molecule has 1 heterocycles. The Morgan fingerprint density at radius 2 is 2.38 bits per heavy atom. The molecule has 0 aromatic rings. The molecule has 0 saturated carbocycles. The molecule has 1 aliphatic heterocycles. The summed E-state index contributed by atoms with van der Waals surface area (Å²) in [5.41, 5.74) is 5.69. The number of nitrogens with two attached hydrogens (primary N) is 1. The van der Waals surface area contributed by atoms with Gasteiger partial charge in [0.1, 0.15) is 6.04 Å². The van der Waals surface area contributed by atoms with Crippen molar-refractivity contribution in [3.05, 3.63) is 0 Å². The van der Waals surface area contributed by atoms with Gasteiger partial charge in [-0.05, 0) is 6.42 Å². The second-order valence-corrected chi connectivity index (χ2v) is 3.75. The second kappa shape index (κ2) is 7.84. The third kappa shape index (κ3) is 4.25. The topological polar surface area (TPSA) is 64.8 Å². The van der Waals surface area contributed by atoms with E-state index in [4.69, 9.17) is 15.2 Å². The van der Waals surface area contributed by atoms with Crippen LogP contribution in [0.1, 0.15) is 13.3 Å². The van der Waals surface area contributed by atoms with Gasteiger partial charge < -0.3 is 20.1 Å². The Balaban J connectivity index is 0.00000225. The van der Waals surface area contributed by atoms with Crippen LogP contribution in [0.4, 0.5) is 0 Å². The SMILES string of the molecule is CCC1CN(C(=O)C(N)COC)CCO1.Cl. The molecular formula is C10H21ClN2O3. The Morgan fingerprint density at radius 3 is 2.94 bits per heavy atom. The Hall–Kier alpha value is -0.360. The molecule has 2 N–H and O–H groups in total. The highest BCUT2D eigenvalue weighted by molar-refractivity contribution is 5.85. The first kappa shape index (κ1) is 15.6. The number of amides is 1. The van der Waals surface area contributed by atoms with Crippen LogP contribution in [-0.4, -0.2) is 56.4 Å². The normalized spacial score (nSPS) is 22.4. The first-order valence-corrected chi connectivity index (χ1v) is 5.34. The highest BCUT2D eigenvalue weighted by atomic mass is 35.5. The molecule has 1 amide bonds. The van der Waals surface area contributed by atoms with Gasteiger partial charge in [0.25, 0.3) is 0 Å². The number of rotatable bonds is 4. The molecule has 1 rings (SSSR count). The lowest BCUT2D eigenvalue weighted by Crippen LogP contribution is -2.52. The number of nitrogens with zero attached hydrogens (tertiary/aromatic N) is 1. The predicted octanol–water partition coefficient (Wildman–Crippen LogP) is 0.0193. The van der Waals surface area contributed by atoms with Crippen LogP contribution in [0.25, 0.3) is 0 Å². The van der Waals surface area contributed by atoms with Crippen molar-refractivity contribution in [3.63, 3.8) is 0 Å². The predicted molar refractivity (Wildman–Crippen MR) is 63.7 cm³/mol. The van der Waals surface area contributed by atoms with E-state index in [9.17, 15) is 4.79 Å². The van der Waals surface area contributed by atoms with Gasteiger partial charge in [-0.1, -0.05) is 6.92 Å². The molecule has 0 aliphatic carbocycles. The Morgan fingerprint density at radius 1 is 1.69 bits per heavy atom. The van der Waals surface area contributed by atoms with Crippen molar-refractivity contribution in [1.29, 1.82) is 0 Å². The van der Waals surface area contributed by atoms with E-state index in [1.807, 2.05) is 6.92 Å². The van der Waals surface area contributed by atoms with E-state index in [0.29, 0.717) is 19.7 Å². The molecule has 0 aromatic heterocycles. The van der Waals surface area contributed by atoms with Crippen LogP contribution >= 0.6 is 12.4 Å². The number of carbonyl (C=O) groups is 1. The van der Waals surface area contributed by atoms with Gasteiger partial charge >= 0.3 is 0 Å². The van der Waals surface area contributed by atoms with Crippen LogP contribution in [0.15, 0.2) is 0 Å². The summed E-state index contributed by atoms with van der Waals surface area (Å²) in [4.78, 5) is 13.6. The summed E-state index contributed by atoms with van der Waals surface area (Å²) >= 11 is 0. The van der Waals surface area contributed by atoms with Gasteiger partial charge in [-0.3, -0.25) is 4.79 Å². The fourth-order valence-electron chi connectivity index (χ4n) is 1.65. The van der Waals surface area contributed by atoms with Gasteiger partial charge in [-0.15, -0.1) is 12.4 Å². The van der Waals surface area contributed by atoms with Crippen molar-refractivity contribution in [2.24, 2.45) is 5.73 Å². The highest BCUT2D eigenvalue weighted by Crippen LogP contribution is 2.09. The van der Waals surface area contributed by atoms with Crippen LogP contribution < -0.4 is 5.73 Å². The van der Waals surface area contributed by atoms with Crippen LogP contribution in [0.2, 0.25) is 0 Å². The summed E-state index contributed by atoms with van der Waals surface area (Å²) in [7, 11) is 1.54. The molecule has 6 heteroatoms. The zero-order chi connectivity index (χ0) is 11.3. The molecule has 96 valence electrons. The van der Waals surface area contributed by atoms with Crippen LogP contribution in [-0.2, 0) is 14.3 Å². The maximum absolute atomic E-state index is 11.8. The molecule has 1 saturated heterocycles. The molecule has 5 nitrogen and oxygen atoms in total. The van der Waals surface area contributed by atoms with Crippen molar-refractivity contribution in [1.82, 2.24) is 4.90 Å². The van der Waals surface area contributed by atoms with Gasteiger partial charge in [0, 0.05) is 20.2 Å². The number of halogens is 1. The van der Waals surface area contributed by atoms with Gasteiger partial charge in [-0.2, -0.15) is 0 Å². The number of methoxy groups -OCH3 is 1. The van der Waals surface area contributed by atoms with E-state index >= 15 is 0 Å². The minimum absolute atomic E-state index is 0.